The summed E-state index contributed by atoms with van der Waals surface area (Å²) in [6.45, 7) is 10.1. The Labute approximate surface area is 128 Å². The second kappa shape index (κ2) is 8.58. The molecule has 0 fully saturated rings. The highest BCUT2D eigenvalue weighted by atomic mass is 32.2. The van der Waals surface area contributed by atoms with E-state index in [1.54, 1.807) is 7.11 Å². The molecular weight excluding hydrogens is 266 g/mol. The van der Waals surface area contributed by atoms with Gasteiger partial charge in [0, 0.05) is 16.5 Å². The lowest BCUT2D eigenvalue weighted by Crippen LogP contribution is -2.35. The van der Waals surface area contributed by atoms with E-state index < -0.39 is 0 Å². The minimum Gasteiger partial charge on any atom is -0.496 e. The molecule has 0 radical (unpaired) electrons. The zero-order chi connectivity index (χ0) is 15.0. The number of methoxy groups -OCH3 is 1. The molecule has 1 rings (SSSR count). The van der Waals surface area contributed by atoms with E-state index in [1.165, 1.54) is 12.0 Å². The van der Waals surface area contributed by atoms with Crippen molar-refractivity contribution in [2.45, 2.75) is 51.3 Å². The van der Waals surface area contributed by atoms with Crippen molar-refractivity contribution in [1.29, 1.82) is 0 Å². The van der Waals surface area contributed by atoms with Crippen LogP contribution in [0.4, 0.5) is 0 Å². The molecule has 2 nitrogen and oxygen atoms in total. The van der Waals surface area contributed by atoms with Gasteiger partial charge in [0.1, 0.15) is 5.75 Å². The van der Waals surface area contributed by atoms with E-state index in [1.807, 2.05) is 23.9 Å². The van der Waals surface area contributed by atoms with E-state index in [2.05, 4.69) is 45.1 Å². The molecule has 1 aromatic rings. The Morgan fingerprint density at radius 3 is 2.55 bits per heavy atom. The summed E-state index contributed by atoms with van der Waals surface area (Å²) in [5.74, 6) is 2.12. The van der Waals surface area contributed by atoms with Gasteiger partial charge in [0.15, 0.2) is 0 Å². The predicted octanol–water partition coefficient (Wildman–Crippen LogP) is 4.14. The summed E-state index contributed by atoms with van der Waals surface area (Å²) in [6, 6.07) is 8.83. The number of benzene rings is 1. The van der Waals surface area contributed by atoms with Gasteiger partial charge in [0.25, 0.3) is 0 Å². The van der Waals surface area contributed by atoms with Gasteiger partial charge in [0.05, 0.1) is 7.11 Å². The van der Waals surface area contributed by atoms with Crippen LogP contribution in [0.5, 0.6) is 5.75 Å². The van der Waals surface area contributed by atoms with Crippen LogP contribution >= 0.6 is 11.8 Å². The normalized spacial score (nSPS) is 13.2. The SMILES string of the molecule is CCCNC(CSC(C)(C)C)Cc1ccccc1OC. The third-order valence-electron chi connectivity index (χ3n) is 3.06. The highest BCUT2D eigenvalue weighted by molar-refractivity contribution is 8.00. The molecule has 1 N–H and O–H groups in total. The maximum atomic E-state index is 5.46. The molecule has 0 aromatic heterocycles. The molecule has 0 saturated carbocycles. The van der Waals surface area contributed by atoms with Crippen LogP contribution < -0.4 is 10.1 Å². The van der Waals surface area contributed by atoms with Gasteiger partial charge in [0.2, 0.25) is 0 Å². The summed E-state index contributed by atoms with van der Waals surface area (Å²) in [5.41, 5.74) is 1.29. The van der Waals surface area contributed by atoms with E-state index >= 15 is 0 Å². The van der Waals surface area contributed by atoms with Crippen LogP contribution in [0, 0.1) is 0 Å². The fourth-order valence-corrected chi connectivity index (χ4v) is 2.96. The summed E-state index contributed by atoms with van der Waals surface area (Å²) < 4.78 is 5.77. The Kier molecular flexibility index (Phi) is 7.46. The fraction of sp³-hybridized carbons (Fsp3) is 0.647. The minimum atomic E-state index is 0.312. The first-order valence-electron chi connectivity index (χ1n) is 7.45. The molecule has 0 aliphatic carbocycles. The molecule has 1 atom stereocenters. The monoisotopic (exact) mass is 295 g/mol. The van der Waals surface area contributed by atoms with E-state index in [-0.39, 0.29) is 0 Å². The predicted molar refractivity (Wildman–Crippen MR) is 91.0 cm³/mol. The number of para-hydroxylation sites is 1. The van der Waals surface area contributed by atoms with Gasteiger partial charge >= 0.3 is 0 Å². The van der Waals surface area contributed by atoms with Gasteiger partial charge in [-0.1, -0.05) is 45.9 Å². The third-order valence-corrected chi connectivity index (χ3v) is 4.49. The van der Waals surface area contributed by atoms with E-state index in [0.717, 1.165) is 24.5 Å². The summed E-state index contributed by atoms with van der Waals surface area (Å²) in [4.78, 5) is 0. The van der Waals surface area contributed by atoms with E-state index in [9.17, 15) is 0 Å². The maximum Gasteiger partial charge on any atom is 0.122 e. The third kappa shape index (κ3) is 6.67. The van der Waals surface area contributed by atoms with Gasteiger partial charge < -0.3 is 10.1 Å². The molecular formula is C17H29NOS. The molecule has 0 spiro atoms. The Morgan fingerprint density at radius 1 is 1.25 bits per heavy atom. The van der Waals surface area contributed by atoms with Crippen molar-refractivity contribution < 1.29 is 4.74 Å². The second-order valence-corrected chi connectivity index (χ2v) is 7.94. The van der Waals surface area contributed by atoms with Gasteiger partial charge in [-0.25, -0.2) is 0 Å². The minimum absolute atomic E-state index is 0.312. The highest BCUT2D eigenvalue weighted by Gasteiger charge is 2.17. The van der Waals surface area contributed by atoms with Crippen molar-refractivity contribution in [3.63, 3.8) is 0 Å². The lowest BCUT2D eigenvalue weighted by Gasteiger charge is -2.24. The van der Waals surface area contributed by atoms with Gasteiger partial charge in [-0.2, -0.15) is 11.8 Å². The number of hydrogen-bond acceptors (Lipinski definition) is 3. The van der Waals surface area contributed by atoms with Crippen LogP contribution in [-0.2, 0) is 6.42 Å². The second-order valence-electron chi connectivity index (χ2n) is 6.09. The van der Waals surface area contributed by atoms with Gasteiger partial charge in [-0.3, -0.25) is 0 Å². The van der Waals surface area contributed by atoms with Gasteiger partial charge in [-0.15, -0.1) is 0 Å². The molecule has 0 bridgehead atoms. The summed E-state index contributed by atoms with van der Waals surface area (Å²) in [7, 11) is 1.75. The number of nitrogens with one attached hydrogen (secondary N) is 1. The molecule has 0 aliphatic rings. The fourth-order valence-electron chi connectivity index (χ4n) is 2.03. The summed E-state index contributed by atoms with van der Waals surface area (Å²) in [5, 5.41) is 3.67. The molecule has 1 aromatic carbocycles. The Morgan fingerprint density at radius 2 is 1.95 bits per heavy atom. The first-order valence-corrected chi connectivity index (χ1v) is 8.44. The lowest BCUT2D eigenvalue weighted by atomic mass is 10.1. The molecule has 0 heterocycles. The van der Waals surface area contributed by atoms with Crippen LogP contribution in [-0.4, -0.2) is 30.2 Å². The van der Waals surface area contributed by atoms with Crippen molar-refractivity contribution in [2.24, 2.45) is 0 Å². The maximum absolute atomic E-state index is 5.46. The standard InChI is InChI=1S/C17H29NOS/c1-6-11-18-15(13-20-17(2,3)4)12-14-9-7-8-10-16(14)19-5/h7-10,15,18H,6,11-13H2,1-5H3. The quantitative estimate of drug-likeness (QED) is 0.779. The van der Waals surface area contributed by atoms with Crippen LogP contribution in [0.2, 0.25) is 0 Å². The van der Waals surface area contributed by atoms with Crippen LogP contribution in [0.25, 0.3) is 0 Å². The van der Waals surface area contributed by atoms with Crippen LogP contribution in [0.1, 0.15) is 39.7 Å². The van der Waals surface area contributed by atoms with Crippen LogP contribution in [0.15, 0.2) is 24.3 Å². The van der Waals surface area contributed by atoms with E-state index in [4.69, 9.17) is 4.74 Å². The lowest BCUT2D eigenvalue weighted by molar-refractivity contribution is 0.406. The molecule has 0 aliphatic heterocycles. The number of hydrogen-bond donors (Lipinski definition) is 1. The highest BCUT2D eigenvalue weighted by Crippen LogP contribution is 2.26. The first kappa shape index (κ1) is 17.4. The molecule has 114 valence electrons. The van der Waals surface area contributed by atoms with Gasteiger partial charge in [-0.05, 0) is 31.0 Å². The Hall–Kier alpha value is -0.670. The van der Waals surface area contributed by atoms with Crippen molar-refractivity contribution in [3.05, 3.63) is 29.8 Å². The average molecular weight is 295 g/mol. The Balaban J connectivity index is 2.67. The summed E-state index contributed by atoms with van der Waals surface area (Å²) in [6.07, 6.45) is 2.19. The number of rotatable bonds is 8. The van der Waals surface area contributed by atoms with Crippen molar-refractivity contribution in [3.8, 4) is 5.75 Å². The van der Waals surface area contributed by atoms with E-state index in [0.29, 0.717) is 10.8 Å². The zero-order valence-corrected chi connectivity index (χ0v) is 14.3. The largest absolute Gasteiger partial charge is 0.496 e. The molecule has 1 unspecified atom stereocenters. The van der Waals surface area contributed by atoms with Crippen LogP contribution in [0.3, 0.4) is 0 Å². The zero-order valence-electron chi connectivity index (χ0n) is 13.5. The van der Waals surface area contributed by atoms with Crippen molar-refractivity contribution >= 4 is 11.8 Å². The number of ether oxygens (including phenoxy) is 1. The Bertz CT molecular complexity index is 387. The van der Waals surface area contributed by atoms with Crippen molar-refractivity contribution in [2.75, 3.05) is 19.4 Å². The number of thioether (sulfide) groups is 1. The first-order chi connectivity index (χ1) is 9.46. The molecule has 20 heavy (non-hydrogen) atoms. The topological polar surface area (TPSA) is 21.3 Å². The average Bonchev–Trinajstić information content (AvgIpc) is 2.41. The summed E-state index contributed by atoms with van der Waals surface area (Å²) >= 11 is 2.02. The smallest absolute Gasteiger partial charge is 0.122 e. The molecule has 0 amide bonds. The van der Waals surface area contributed by atoms with Crippen molar-refractivity contribution in [1.82, 2.24) is 5.32 Å². The molecule has 0 saturated heterocycles. The molecule has 3 heteroatoms.